The average Bonchev–Trinajstić information content (AvgIpc) is 2.75. The molecule has 0 fully saturated rings. The van der Waals surface area contributed by atoms with Gasteiger partial charge in [-0.25, -0.2) is 4.79 Å². The molecule has 0 atom stereocenters. The van der Waals surface area contributed by atoms with E-state index in [0.29, 0.717) is 18.5 Å². The van der Waals surface area contributed by atoms with Crippen LogP contribution >= 0.6 is 39.0 Å². The Morgan fingerprint density at radius 2 is 2.22 bits per heavy atom. The number of rotatable bonds is 5. The lowest BCUT2D eigenvalue weighted by Gasteiger charge is -2.03. The third kappa shape index (κ3) is 3.85. The third-order valence-corrected chi connectivity index (χ3v) is 5.65. The first-order chi connectivity index (χ1) is 10.8. The van der Waals surface area contributed by atoms with Crippen molar-refractivity contribution in [2.45, 2.75) is 23.0 Å². The zero-order valence-electron chi connectivity index (χ0n) is 12.2. The molecule has 0 aliphatic heterocycles. The summed E-state index contributed by atoms with van der Waals surface area (Å²) >= 11 is 5.43. The molecule has 0 bridgehead atoms. The summed E-state index contributed by atoms with van der Waals surface area (Å²) in [5, 5.41) is 21.4. The number of thiophene rings is 1. The molecule has 6 nitrogen and oxygen atoms in total. The molecule has 0 saturated carbocycles. The van der Waals surface area contributed by atoms with Crippen molar-refractivity contribution in [3.05, 3.63) is 43.2 Å². The fourth-order valence-corrected chi connectivity index (χ4v) is 4.53. The maximum atomic E-state index is 11.9. The smallest absolute Gasteiger partial charge is 0.343 e. The van der Waals surface area contributed by atoms with Gasteiger partial charge in [-0.15, -0.1) is 11.3 Å². The Labute approximate surface area is 148 Å². The highest BCUT2D eigenvalue weighted by Gasteiger charge is 2.25. The summed E-state index contributed by atoms with van der Waals surface area (Å²) in [4.78, 5) is 23.5. The summed E-state index contributed by atoms with van der Waals surface area (Å²) in [5.41, 5.74) is 0.0339. The molecule has 1 heterocycles. The third-order valence-electron chi connectivity index (χ3n) is 2.83. The number of esters is 1. The maximum absolute atomic E-state index is 11.9. The van der Waals surface area contributed by atoms with Crippen molar-refractivity contribution in [3.63, 3.8) is 0 Å². The van der Waals surface area contributed by atoms with Crippen molar-refractivity contribution >= 4 is 50.7 Å². The van der Waals surface area contributed by atoms with Gasteiger partial charge in [0.1, 0.15) is 9.77 Å². The number of nitro groups is 1. The predicted octanol–water partition coefficient (Wildman–Crippen LogP) is 4.76. The lowest BCUT2D eigenvalue weighted by Crippen LogP contribution is -2.04. The Hall–Kier alpha value is -1.58. The number of nitrogens with zero attached hydrogens (tertiary/aromatic N) is 1. The van der Waals surface area contributed by atoms with E-state index in [9.17, 15) is 20.0 Å². The Kier molecular flexibility index (Phi) is 5.66. The van der Waals surface area contributed by atoms with Gasteiger partial charge in [-0.1, -0.05) is 27.7 Å². The topological polar surface area (TPSA) is 89.7 Å². The Bertz CT molecular complexity index is 775. The van der Waals surface area contributed by atoms with E-state index in [-0.39, 0.29) is 23.6 Å². The first kappa shape index (κ1) is 17.8. The van der Waals surface area contributed by atoms with E-state index >= 15 is 0 Å². The molecule has 1 N–H and O–H groups in total. The number of halogens is 1. The Morgan fingerprint density at radius 1 is 1.52 bits per heavy atom. The minimum Gasteiger partial charge on any atom is -0.505 e. The second kappa shape index (κ2) is 7.33. The van der Waals surface area contributed by atoms with Crippen molar-refractivity contribution in [1.29, 1.82) is 0 Å². The molecule has 122 valence electrons. The van der Waals surface area contributed by atoms with Crippen LogP contribution in [0.15, 0.2) is 31.8 Å². The van der Waals surface area contributed by atoms with Gasteiger partial charge in [-0.2, -0.15) is 0 Å². The second-order valence-corrected chi connectivity index (χ2v) is 7.81. The highest BCUT2D eigenvalue weighted by molar-refractivity contribution is 9.10. The summed E-state index contributed by atoms with van der Waals surface area (Å²) in [6, 6.07) is 4.66. The van der Waals surface area contributed by atoms with Gasteiger partial charge in [0.2, 0.25) is 0 Å². The van der Waals surface area contributed by atoms with Crippen LogP contribution in [0.3, 0.4) is 0 Å². The molecular weight excluding hydrogens is 406 g/mol. The van der Waals surface area contributed by atoms with Crippen LogP contribution in [0, 0.1) is 17.0 Å². The minimum absolute atomic E-state index is 0.0764. The predicted molar refractivity (Wildman–Crippen MR) is 91.6 cm³/mol. The van der Waals surface area contributed by atoms with Crippen LogP contribution in [0.5, 0.6) is 5.75 Å². The number of benzene rings is 1. The van der Waals surface area contributed by atoms with Crippen molar-refractivity contribution < 1.29 is 19.6 Å². The van der Waals surface area contributed by atoms with Crippen LogP contribution in [-0.2, 0) is 4.74 Å². The van der Waals surface area contributed by atoms with Crippen LogP contribution in [-0.4, -0.2) is 22.6 Å². The van der Waals surface area contributed by atoms with Gasteiger partial charge in [0, 0.05) is 15.4 Å². The standard InChI is InChI=1S/C14H12BrNO5S2/c1-3-21-13(18)11-7(2)22-14(12(11)17)23-10-5-4-8(15)6-9(10)16(19)20/h4-6,17H,3H2,1-2H3. The summed E-state index contributed by atoms with van der Waals surface area (Å²) in [7, 11) is 0. The van der Waals surface area contributed by atoms with Crippen LogP contribution in [0.4, 0.5) is 5.69 Å². The van der Waals surface area contributed by atoms with Crippen molar-refractivity contribution in [3.8, 4) is 5.75 Å². The van der Waals surface area contributed by atoms with E-state index in [0.717, 1.165) is 11.8 Å². The fraction of sp³-hybridized carbons (Fsp3) is 0.214. The van der Waals surface area contributed by atoms with Gasteiger partial charge >= 0.3 is 5.97 Å². The summed E-state index contributed by atoms with van der Waals surface area (Å²) < 4.78 is 5.92. The normalized spacial score (nSPS) is 10.6. The number of aromatic hydroxyl groups is 1. The molecule has 1 aromatic heterocycles. The monoisotopic (exact) mass is 417 g/mol. The van der Waals surface area contributed by atoms with Gasteiger partial charge < -0.3 is 9.84 Å². The molecule has 2 aromatic rings. The van der Waals surface area contributed by atoms with Crippen LogP contribution < -0.4 is 0 Å². The van der Waals surface area contributed by atoms with Gasteiger partial charge in [0.05, 0.1) is 16.4 Å². The number of carbonyl (C=O) groups excluding carboxylic acids is 1. The Morgan fingerprint density at radius 3 is 2.83 bits per heavy atom. The minimum atomic E-state index is -0.601. The molecule has 0 radical (unpaired) electrons. The summed E-state index contributed by atoms with van der Waals surface area (Å²) in [6.07, 6.45) is 0. The lowest BCUT2D eigenvalue weighted by atomic mass is 10.2. The first-order valence-corrected chi connectivity index (χ1v) is 8.89. The Balaban J connectivity index is 2.41. The second-order valence-electron chi connectivity index (χ2n) is 4.36. The zero-order chi connectivity index (χ0) is 17.1. The molecule has 0 spiro atoms. The number of nitro benzene ring substituents is 1. The summed E-state index contributed by atoms with van der Waals surface area (Å²) in [5.74, 6) is -0.802. The number of hydrogen-bond donors (Lipinski definition) is 1. The zero-order valence-corrected chi connectivity index (χ0v) is 15.4. The van der Waals surface area contributed by atoms with E-state index in [1.54, 1.807) is 26.0 Å². The molecule has 0 aliphatic carbocycles. The van der Waals surface area contributed by atoms with Crippen molar-refractivity contribution in [2.24, 2.45) is 0 Å². The van der Waals surface area contributed by atoms with Gasteiger partial charge in [0.25, 0.3) is 5.69 Å². The number of hydrogen-bond acceptors (Lipinski definition) is 7. The van der Waals surface area contributed by atoms with E-state index in [2.05, 4.69) is 15.9 Å². The van der Waals surface area contributed by atoms with Crippen LogP contribution in [0.1, 0.15) is 22.2 Å². The highest BCUT2D eigenvalue weighted by Crippen LogP contribution is 2.46. The lowest BCUT2D eigenvalue weighted by molar-refractivity contribution is -0.387. The molecular formula is C14H12BrNO5S2. The van der Waals surface area contributed by atoms with E-state index < -0.39 is 10.9 Å². The highest BCUT2D eigenvalue weighted by atomic mass is 79.9. The van der Waals surface area contributed by atoms with E-state index in [4.69, 9.17) is 4.74 Å². The van der Waals surface area contributed by atoms with Gasteiger partial charge in [-0.3, -0.25) is 10.1 Å². The number of ether oxygens (including phenoxy) is 1. The van der Waals surface area contributed by atoms with Gasteiger partial charge in [0.15, 0.2) is 5.75 Å². The molecule has 1 aromatic carbocycles. The molecule has 9 heteroatoms. The SMILES string of the molecule is CCOC(=O)c1c(C)sc(Sc2ccc(Br)cc2[N+](=O)[O-])c1O. The van der Waals surface area contributed by atoms with Crippen LogP contribution in [0.25, 0.3) is 0 Å². The molecule has 2 rings (SSSR count). The quantitative estimate of drug-likeness (QED) is 0.428. The molecule has 0 aliphatic rings. The molecule has 0 saturated heterocycles. The maximum Gasteiger partial charge on any atom is 0.343 e. The number of aryl methyl sites for hydroxylation is 1. The largest absolute Gasteiger partial charge is 0.505 e. The van der Waals surface area contributed by atoms with Gasteiger partial charge in [-0.05, 0) is 26.0 Å². The molecule has 0 amide bonds. The van der Waals surface area contributed by atoms with E-state index in [1.165, 1.54) is 17.4 Å². The summed E-state index contributed by atoms with van der Waals surface area (Å²) in [6.45, 7) is 3.57. The first-order valence-electron chi connectivity index (χ1n) is 6.46. The van der Waals surface area contributed by atoms with E-state index in [1.807, 2.05) is 0 Å². The van der Waals surface area contributed by atoms with Crippen molar-refractivity contribution in [1.82, 2.24) is 0 Å². The van der Waals surface area contributed by atoms with Crippen molar-refractivity contribution in [2.75, 3.05) is 6.61 Å². The number of carbonyl (C=O) groups is 1. The average molecular weight is 418 g/mol. The van der Waals surface area contributed by atoms with Crippen LogP contribution in [0.2, 0.25) is 0 Å². The molecule has 23 heavy (non-hydrogen) atoms. The fourth-order valence-electron chi connectivity index (χ4n) is 1.84. The molecule has 0 unspecified atom stereocenters.